The summed E-state index contributed by atoms with van der Waals surface area (Å²) >= 11 is 0. The fraction of sp³-hybridized carbons (Fsp3) is 0.200. The number of phenolic OH excluding ortho intramolecular Hbond substituents is 1. The molecule has 0 aliphatic heterocycles. The molecule has 3 aromatic rings. The molecular weight excluding hydrogens is 362 g/mol. The van der Waals surface area contributed by atoms with Gasteiger partial charge < -0.3 is 19.9 Å². The van der Waals surface area contributed by atoms with Crippen molar-refractivity contribution >= 4 is 22.9 Å². The van der Waals surface area contributed by atoms with Gasteiger partial charge in [-0.15, -0.1) is 0 Å². The van der Waals surface area contributed by atoms with E-state index >= 15 is 0 Å². The van der Waals surface area contributed by atoms with E-state index in [1.165, 1.54) is 12.3 Å². The third kappa shape index (κ3) is 4.01. The van der Waals surface area contributed by atoms with Gasteiger partial charge in [0.15, 0.2) is 0 Å². The lowest BCUT2D eigenvalue weighted by atomic mass is 10.1. The van der Waals surface area contributed by atoms with Crippen LogP contribution in [-0.4, -0.2) is 47.2 Å². The van der Waals surface area contributed by atoms with E-state index in [0.29, 0.717) is 17.0 Å². The summed E-state index contributed by atoms with van der Waals surface area (Å²) in [6.07, 6.45) is 1.51. The van der Waals surface area contributed by atoms with Gasteiger partial charge in [-0.1, -0.05) is 12.1 Å². The first kappa shape index (κ1) is 19.1. The molecule has 0 radical (unpaired) electrons. The molecule has 0 saturated carbocycles. The first-order chi connectivity index (χ1) is 13.5. The van der Waals surface area contributed by atoms with Crippen LogP contribution in [0.2, 0.25) is 0 Å². The van der Waals surface area contributed by atoms with Gasteiger partial charge in [-0.3, -0.25) is 14.6 Å². The van der Waals surface area contributed by atoms with Crippen LogP contribution in [0.4, 0.5) is 0 Å². The summed E-state index contributed by atoms with van der Waals surface area (Å²) in [5.74, 6) is -0.775. The quantitative estimate of drug-likeness (QED) is 0.630. The highest BCUT2D eigenvalue weighted by Crippen LogP contribution is 2.28. The minimum Gasteiger partial charge on any atom is -0.507 e. The minimum atomic E-state index is -0.639. The molecule has 0 bridgehead atoms. The highest BCUT2D eigenvalue weighted by Gasteiger charge is 2.19. The predicted octanol–water partition coefficient (Wildman–Crippen LogP) is 2.30. The number of ether oxygens (including phenoxy) is 2. The molecule has 0 aliphatic carbocycles. The van der Waals surface area contributed by atoms with Crippen LogP contribution < -0.4 is 10.1 Å². The summed E-state index contributed by atoms with van der Waals surface area (Å²) in [5.41, 5.74) is 2.00. The van der Waals surface area contributed by atoms with Crippen molar-refractivity contribution in [2.75, 3.05) is 20.3 Å². The Morgan fingerprint density at radius 1 is 1.21 bits per heavy atom. The standard InChI is InChI=1S/C20H19N3O5/c1-3-28-17(25)11-22-20(26)18-16(24)8-7-14-19(18)21-10-15(23-14)12-5-4-6-13(9-12)27-2/h4-10,24H,3,11H2,1-2H3,(H,22,26). The molecule has 0 fully saturated rings. The second kappa shape index (κ2) is 8.34. The van der Waals surface area contributed by atoms with E-state index in [0.717, 1.165) is 5.56 Å². The SMILES string of the molecule is CCOC(=O)CNC(=O)c1c(O)ccc2nc(-c3cccc(OC)c3)cnc12. The molecule has 2 N–H and O–H groups in total. The Morgan fingerprint density at radius 3 is 2.79 bits per heavy atom. The molecule has 1 heterocycles. The number of carbonyl (C=O) groups is 2. The maximum Gasteiger partial charge on any atom is 0.325 e. The highest BCUT2D eigenvalue weighted by molar-refractivity contribution is 6.08. The van der Waals surface area contributed by atoms with Crippen LogP contribution in [0.3, 0.4) is 0 Å². The van der Waals surface area contributed by atoms with Crippen molar-refractivity contribution in [2.24, 2.45) is 0 Å². The van der Waals surface area contributed by atoms with Crippen molar-refractivity contribution in [1.29, 1.82) is 0 Å². The van der Waals surface area contributed by atoms with Gasteiger partial charge >= 0.3 is 5.97 Å². The monoisotopic (exact) mass is 381 g/mol. The zero-order valence-electron chi connectivity index (χ0n) is 15.4. The van der Waals surface area contributed by atoms with Gasteiger partial charge in [-0.25, -0.2) is 4.98 Å². The number of esters is 1. The van der Waals surface area contributed by atoms with Crippen LogP contribution in [0.1, 0.15) is 17.3 Å². The van der Waals surface area contributed by atoms with Crippen molar-refractivity contribution in [3.05, 3.63) is 48.2 Å². The summed E-state index contributed by atoms with van der Waals surface area (Å²) in [4.78, 5) is 32.8. The van der Waals surface area contributed by atoms with Gasteiger partial charge in [0, 0.05) is 5.56 Å². The Balaban J connectivity index is 1.95. The Hall–Kier alpha value is -3.68. The lowest BCUT2D eigenvalue weighted by Gasteiger charge is -2.10. The molecule has 8 heteroatoms. The summed E-state index contributed by atoms with van der Waals surface area (Å²) < 4.78 is 10.00. The van der Waals surface area contributed by atoms with E-state index in [4.69, 9.17) is 9.47 Å². The van der Waals surface area contributed by atoms with Gasteiger partial charge in [0.25, 0.3) is 5.91 Å². The number of hydrogen-bond donors (Lipinski definition) is 2. The van der Waals surface area contributed by atoms with Gasteiger partial charge in [-0.05, 0) is 31.2 Å². The molecule has 0 aliphatic rings. The van der Waals surface area contributed by atoms with Gasteiger partial charge in [-0.2, -0.15) is 0 Å². The molecule has 1 amide bonds. The summed E-state index contributed by atoms with van der Waals surface area (Å²) in [6, 6.07) is 10.3. The number of carbonyl (C=O) groups excluding carboxylic acids is 2. The normalized spacial score (nSPS) is 10.5. The second-order valence-corrected chi connectivity index (χ2v) is 5.80. The molecule has 28 heavy (non-hydrogen) atoms. The maximum atomic E-state index is 12.5. The molecule has 0 unspecified atom stereocenters. The largest absolute Gasteiger partial charge is 0.507 e. The molecule has 2 aromatic carbocycles. The number of nitrogens with one attached hydrogen (secondary N) is 1. The van der Waals surface area contributed by atoms with E-state index in [2.05, 4.69) is 15.3 Å². The molecule has 1 aromatic heterocycles. The number of hydrogen-bond acceptors (Lipinski definition) is 7. The average molecular weight is 381 g/mol. The molecule has 8 nitrogen and oxygen atoms in total. The zero-order valence-corrected chi connectivity index (χ0v) is 15.4. The third-order valence-corrected chi connectivity index (χ3v) is 3.98. The van der Waals surface area contributed by atoms with E-state index in [9.17, 15) is 14.7 Å². The molecule has 3 rings (SSSR count). The number of phenols is 1. The predicted molar refractivity (Wildman–Crippen MR) is 102 cm³/mol. The van der Waals surface area contributed by atoms with Crippen molar-refractivity contribution in [1.82, 2.24) is 15.3 Å². The van der Waals surface area contributed by atoms with Crippen LogP contribution in [-0.2, 0) is 9.53 Å². The second-order valence-electron chi connectivity index (χ2n) is 5.80. The van der Waals surface area contributed by atoms with E-state index < -0.39 is 11.9 Å². The minimum absolute atomic E-state index is 0.0495. The van der Waals surface area contributed by atoms with E-state index in [1.54, 1.807) is 20.1 Å². The van der Waals surface area contributed by atoms with Crippen LogP contribution in [0.15, 0.2) is 42.6 Å². The van der Waals surface area contributed by atoms with E-state index in [1.807, 2.05) is 24.3 Å². The highest BCUT2D eigenvalue weighted by atomic mass is 16.5. The van der Waals surface area contributed by atoms with E-state index in [-0.39, 0.29) is 30.0 Å². The lowest BCUT2D eigenvalue weighted by molar-refractivity contribution is -0.141. The zero-order chi connectivity index (χ0) is 20.1. The van der Waals surface area contributed by atoms with Crippen molar-refractivity contribution in [2.45, 2.75) is 6.92 Å². The van der Waals surface area contributed by atoms with Gasteiger partial charge in [0.1, 0.15) is 29.1 Å². The number of aromatic nitrogens is 2. The molecular formula is C20H19N3O5. The fourth-order valence-corrected chi connectivity index (χ4v) is 2.67. The Morgan fingerprint density at radius 2 is 2.04 bits per heavy atom. The summed E-state index contributed by atoms with van der Waals surface area (Å²) in [7, 11) is 1.58. The fourth-order valence-electron chi connectivity index (χ4n) is 2.67. The smallest absolute Gasteiger partial charge is 0.325 e. The molecule has 144 valence electrons. The lowest BCUT2D eigenvalue weighted by Crippen LogP contribution is -2.31. The number of amides is 1. The number of benzene rings is 2. The number of methoxy groups -OCH3 is 1. The average Bonchev–Trinajstić information content (AvgIpc) is 2.72. The topological polar surface area (TPSA) is 111 Å². The van der Waals surface area contributed by atoms with Gasteiger partial charge in [0.05, 0.1) is 31.1 Å². The molecule has 0 atom stereocenters. The van der Waals surface area contributed by atoms with Crippen molar-refractivity contribution < 1.29 is 24.2 Å². The van der Waals surface area contributed by atoms with Crippen LogP contribution in [0, 0.1) is 0 Å². The third-order valence-electron chi connectivity index (χ3n) is 3.98. The summed E-state index contributed by atoms with van der Waals surface area (Å²) in [5, 5.41) is 12.6. The molecule has 0 saturated heterocycles. The van der Waals surface area contributed by atoms with Crippen molar-refractivity contribution in [3.8, 4) is 22.8 Å². The number of nitrogens with zero attached hydrogens (tertiary/aromatic N) is 2. The maximum absolute atomic E-state index is 12.5. The first-order valence-corrected chi connectivity index (χ1v) is 8.60. The Bertz CT molecular complexity index is 1040. The van der Waals surface area contributed by atoms with Crippen LogP contribution >= 0.6 is 0 Å². The molecule has 0 spiro atoms. The number of aromatic hydroxyl groups is 1. The Labute approximate surface area is 161 Å². The van der Waals surface area contributed by atoms with Gasteiger partial charge in [0.2, 0.25) is 0 Å². The Kier molecular flexibility index (Phi) is 5.69. The first-order valence-electron chi connectivity index (χ1n) is 8.60. The van der Waals surface area contributed by atoms with Crippen molar-refractivity contribution in [3.63, 3.8) is 0 Å². The summed E-state index contributed by atoms with van der Waals surface area (Å²) in [6.45, 7) is 1.58. The van der Waals surface area contributed by atoms with Crippen LogP contribution in [0.5, 0.6) is 11.5 Å². The number of rotatable bonds is 6. The van der Waals surface area contributed by atoms with Crippen LogP contribution in [0.25, 0.3) is 22.3 Å². The number of fused-ring (bicyclic) bond motifs is 1.